The molecule has 2 aromatic rings. The van der Waals surface area contributed by atoms with Gasteiger partial charge >= 0.3 is 0 Å². The SMILES string of the molecule is CC(C)c1ccc(C(=O)NC(Cc2ccccc2)C(=O)NC2CC2)s1. The van der Waals surface area contributed by atoms with Crippen LogP contribution in [-0.4, -0.2) is 23.9 Å². The molecule has 132 valence electrons. The van der Waals surface area contributed by atoms with E-state index in [1.54, 1.807) is 0 Å². The van der Waals surface area contributed by atoms with Crippen LogP contribution in [0.5, 0.6) is 0 Å². The highest BCUT2D eigenvalue weighted by molar-refractivity contribution is 7.14. The lowest BCUT2D eigenvalue weighted by Crippen LogP contribution is -2.48. The van der Waals surface area contributed by atoms with Crippen molar-refractivity contribution in [3.8, 4) is 0 Å². The summed E-state index contributed by atoms with van der Waals surface area (Å²) in [7, 11) is 0. The molecule has 3 rings (SSSR count). The Labute approximate surface area is 152 Å². The molecule has 5 heteroatoms. The standard InChI is InChI=1S/C20H24N2O2S/c1-13(2)17-10-11-18(25-17)20(24)22-16(19(23)21-15-8-9-15)12-14-6-4-3-5-7-14/h3-7,10-11,13,15-16H,8-9,12H2,1-2H3,(H,21,23)(H,22,24). The Morgan fingerprint density at radius 1 is 1.12 bits per heavy atom. The van der Waals surface area contributed by atoms with Gasteiger partial charge in [-0.3, -0.25) is 9.59 Å². The van der Waals surface area contributed by atoms with E-state index in [0.717, 1.165) is 18.4 Å². The molecule has 0 bridgehead atoms. The van der Waals surface area contributed by atoms with Gasteiger partial charge in [-0.1, -0.05) is 44.2 Å². The van der Waals surface area contributed by atoms with Crippen molar-refractivity contribution in [3.05, 3.63) is 57.8 Å². The number of amides is 2. The summed E-state index contributed by atoms with van der Waals surface area (Å²) in [6, 6.07) is 13.3. The lowest BCUT2D eigenvalue weighted by atomic mass is 10.1. The summed E-state index contributed by atoms with van der Waals surface area (Å²) in [6.45, 7) is 4.21. The first-order chi connectivity index (χ1) is 12.0. The van der Waals surface area contributed by atoms with E-state index in [-0.39, 0.29) is 17.9 Å². The third-order valence-corrected chi connectivity index (χ3v) is 5.63. The number of carbonyl (C=O) groups excluding carboxylic acids is 2. The van der Waals surface area contributed by atoms with Crippen LogP contribution in [0.15, 0.2) is 42.5 Å². The van der Waals surface area contributed by atoms with Crippen molar-refractivity contribution >= 4 is 23.2 Å². The van der Waals surface area contributed by atoms with Crippen molar-refractivity contribution in [2.45, 2.75) is 51.1 Å². The van der Waals surface area contributed by atoms with Gasteiger partial charge in [0.25, 0.3) is 5.91 Å². The number of thiophene rings is 1. The fraction of sp³-hybridized carbons (Fsp3) is 0.400. The minimum absolute atomic E-state index is 0.0969. The summed E-state index contributed by atoms with van der Waals surface area (Å²) in [5, 5.41) is 5.93. The van der Waals surface area contributed by atoms with Crippen LogP contribution in [0.25, 0.3) is 0 Å². The topological polar surface area (TPSA) is 58.2 Å². The van der Waals surface area contributed by atoms with E-state index in [1.165, 1.54) is 16.2 Å². The number of rotatable bonds is 7. The van der Waals surface area contributed by atoms with Crippen molar-refractivity contribution in [1.82, 2.24) is 10.6 Å². The van der Waals surface area contributed by atoms with Gasteiger partial charge in [0.1, 0.15) is 6.04 Å². The molecule has 1 fully saturated rings. The van der Waals surface area contributed by atoms with Gasteiger partial charge in [-0.25, -0.2) is 0 Å². The number of nitrogens with one attached hydrogen (secondary N) is 2. The zero-order valence-corrected chi connectivity index (χ0v) is 15.4. The smallest absolute Gasteiger partial charge is 0.262 e. The first-order valence-electron chi connectivity index (χ1n) is 8.78. The minimum atomic E-state index is -0.555. The Hall–Kier alpha value is -2.14. The summed E-state index contributed by atoms with van der Waals surface area (Å²) in [5.41, 5.74) is 1.03. The molecule has 1 aliphatic rings. The lowest BCUT2D eigenvalue weighted by Gasteiger charge is -2.18. The molecule has 0 radical (unpaired) electrons. The predicted molar refractivity (Wildman–Crippen MR) is 101 cm³/mol. The second kappa shape index (κ2) is 7.83. The fourth-order valence-corrected chi connectivity index (χ4v) is 3.52. The molecule has 2 N–H and O–H groups in total. The van der Waals surface area contributed by atoms with Gasteiger partial charge < -0.3 is 10.6 Å². The van der Waals surface area contributed by atoms with Crippen LogP contribution in [0, 0.1) is 0 Å². The Morgan fingerprint density at radius 2 is 1.84 bits per heavy atom. The molecule has 1 aromatic heterocycles. The Morgan fingerprint density at radius 3 is 2.44 bits per heavy atom. The first kappa shape index (κ1) is 17.7. The molecule has 25 heavy (non-hydrogen) atoms. The summed E-state index contributed by atoms with van der Waals surface area (Å²) in [6.07, 6.45) is 2.55. The highest BCUT2D eigenvalue weighted by atomic mass is 32.1. The van der Waals surface area contributed by atoms with Gasteiger partial charge in [0.05, 0.1) is 4.88 Å². The molecule has 1 aromatic carbocycles. The van der Waals surface area contributed by atoms with E-state index in [2.05, 4.69) is 24.5 Å². The van der Waals surface area contributed by atoms with E-state index in [4.69, 9.17) is 0 Å². The summed E-state index contributed by atoms with van der Waals surface area (Å²) >= 11 is 1.49. The second-order valence-electron chi connectivity index (χ2n) is 6.86. The third kappa shape index (κ3) is 4.92. The van der Waals surface area contributed by atoms with Crippen LogP contribution in [0.3, 0.4) is 0 Å². The zero-order chi connectivity index (χ0) is 17.8. The Balaban J connectivity index is 1.70. The van der Waals surface area contributed by atoms with Crippen molar-refractivity contribution in [1.29, 1.82) is 0 Å². The molecule has 1 heterocycles. The minimum Gasteiger partial charge on any atom is -0.352 e. The maximum Gasteiger partial charge on any atom is 0.262 e. The molecule has 1 saturated carbocycles. The van der Waals surface area contributed by atoms with Crippen molar-refractivity contribution in [2.75, 3.05) is 0 Å². The van der Waals surface area contributed by atoms with Gasteiger partial charge in [-0.15, -0.1) is 11.3 Å². The van der Waals surface area contributed by atoms with E-state index in [9.17, 15) is 9.59 Å². The van der Waals surface area contributed by atoms with Gasteiger partial charge in [0.2, 0.25) is 5.91 Å². The highest BCUT2D eigenvalue weighted by Gasteiger charge is 2.29. The van der Waals surface area contributed by atoms with Crippen LogP contribution in [0.2, 0.25) is 0 Å². The number of hydrogen-bond acceptors (Lipinski definition) is 3. The Kier molecular flexibility index (Phi) is 5.53. The molecule has 0 aliphatic heterocycles. The summed E-state index contributed by atoms with van der Waals surface area (Å²) in [5.74, 6) is 0.119. The largest absolute Gasteiger partial charge is 0.352 e. The molecular formula is C20H24N2O2S. The highest BCUT2D eigenvalue weighted by Crippen LogP contribution is 2.24. The van der Waals surface area contributed by atoms with Crippen molar-refractivity contribution in [3.63, 3.8) is 0 Å². The molecule has 0 spiro atoms. The molecular weight excluding hydrogens is 332 g/mol. The number of hydrogen-bond donors (Lipinski definition) is 2. The van der Waals surface area contributed by atoms with Crippen LogP contribution in [0.4, 0.5) is 0 Å². The van der Waals surface area contributed by atoms with Crippen LogP contribution in [-0.2, 0) is 11.2 Å². The van der Waals surface area contributed by atoms with Gasteiger partial charge in [0, 0.05) is 17.3 Å². The zero-order valence-electron chi connectivity index (χ0n) is 14.6. The fourth-order valence-electron chi connectivity index (χ4n) is 2.60. The van der Waals surface area contributed by atoms with E-state index >= 15 is 0 Å². The molecule has 1 unspecified atom stereocenters. The Bertz CT molecular complexity index is 735. The summed E-state index contributed by atoms with van der Waals surface area (Å²) < 4.78 is 0. The number of carbonyl (C=O) groups is 2. The van der Waals surface area contributed by atoms with Crippen molar-refractivity contribution < 1.29 is 9.59 Å². The van der Waals surface area contributed by atoms with Crippen molar-refractivity contribution in [2.24, 2.45) is 0 Å². The van der Waals surface area contributed by atoms with Gasteiger partial charge in [0.15, 0.2) is 0 Å². The quantitative estimate of drug-likeness (QED) is 0.798. The van der Waals surface area contributed by atoms with E-state index < -0.39 is 6.04 Å². The molecule has 1 aliphatic carbocycles. The van der Waals surface area contributed by atoms with Crippen LogP contribution < -0.4 is 10.6 Å². The average molecular weight is 356 g/mol. The first-order valence-corrected chi connectivity index (χ1v) is 9.59. The monoisotopic (exact) mass is 356 g/mol. The maximum atomic E-state index is 12.6. The second-order valence-corrected chi connectivity index (χ2v) is 7.97. The van der Waals surface area contributed by atoms with Crippen LogP contribution in [0.1, 0.15) is 52.7 Å². The predicted octanol–water partition coefficient (Wildman–Crippen LogP) is 3.49. The maximum absolute atomic E-state index is 12.6. The summed E-state index contributed by atoms with van der Waals surface area (Å²) in [4.78, 5) is 27.0. The third-order valence-electron chi connectivity index (χ3n) is 4.25. The van der Waals surface area contributed by atoms with Gasteiger partial charge in [-0.05, 0) is 36.5 Å². The van der Waals surface area contributed by atoms with E-state index in [0.29, 0.717) is 17.2 Å². The molecule has 2 amide bonds. The molecule has 1 atom stereocenters. The van der Waals surface area contributed by atoms with Gasteiger partial charge in [-0.2, -0.15) is 0 Å². The number of benzene rings is 1. The van der Waals surface area contributed by atoms with Crippen LogP contribution >= 0.6 is 11.3 Å². The lowest BCUT2D eigenvalue weighted by molar-refractivity contribution is -0.123. The molecule has 4 nitrogen and oxygen atoms in total. The molecule has 0 saturated heterocycles. The normalized spacial score (nSPS) is 15.0. The van der Waals surface area contributed by atoms with E-state index in [1.807, 2.05) is 42.5 Å². The average Bonchev–Trinajstić information content (AvgIpc) is 3.26.